The van der Waals surface area contributed by atoms with Crippen molar-refractivity contribution in [2.24, 2.45) is 0 Å². The molecular formula is C12H9Br2ClN2. The van der Waals surface area contributed by atoms with Gasteiger partial charge in [-0.1, -0.05) is 23.7 Å². The fourth-order valence-corrected chi connectivity index (χ4v) is 2.77. The van der Waals surface area contributed by atoms with Gasteiger partial charge < -0.3 is 5.32 Å². The molecule has 1 aromatic carbocycles. The van der Waals surface area contributed by atoms with Crippen molar-refractivity contribution in [1.82, 2.24) is 4.98 Å². The Kier molecular flexibility index (Phi) is 4.07. The van der Waals surface area contributed by atoms with Crippen molar-refractivity contribution in [3.05, 3.63) is 50.0 Å². The van der Waals surface area contributed by atoms with Gasteiger partial charge in [-0.25, -0.2) is 4.98 Å². The molecule has 2 nitrogen and oxygen atoms in total. The Bertz CT molecular complexity index is 538. The molecule has 1 N–H and O–H groups in total. The first kappa shape index (κ1) is 12.9. The highest BCUT2D eigenvalue weighted by Crippen LogP contribution is 2.31. The summed E-state index contributed by atoms with van der Waals surface area (Å²) in [7, 11) is 0. The topological polar surface area (TPSA) is 24.9 Å². The molecule has 0 amide bonds. The molecular weight excluding hydrogens is 367 g/mol. The van der Waals surface area contributed by atoms with E-state index in [2.05, 4.69) is 42.2 Å². The lowest BCUT2D eigenvalue weighted by molar-refractivity contribution is 1.27. The first-order chi connectivity index (χ1) is 8.08. The largest absolute Gasteiger partial charge is 0.338 e. The minimum atomic E-state index is 0.682. The van der Waals surface area contributed by atoms with E-state index in [4.69, 9.17) is 11.6 Å². The number of rotatable bonds is 2. The van der Waals surface area contributed by atoms with Crippen molar-refractivity contribution in [2.75, 3.05) is 5.32 Å². The van der Waals surface area contributed by atoms with Crippen LogP contribution in [-0.4, -0.2) is 4.98 Å². The number of aromatic nitrogens is 1. The summed E-state index contributed by atoms with van der Waals surface area (Å²) < 4.78 is 1.80. The summed E-state index contributed by atoms with van der Waals surface area (Å²) in [6.45, 7) is 2.00. The number of para-hydroxylation sites is 1. The van der Waals surface area contributed by atoms with Gasteiger partial charge in [0.2, 0.25) is 0 Å². The molecule has 0 saturated heterocycles. The Morgan fingerprint density at radius 3 is 2.71 bits per heavy atom. The predicted octanol–water partition coefficient (Wildman–Crippen LogP) is 5.31. The van der Waals surface area contributed by atoms with E-state index in [1.807, 2.05) is 31.2 Å². The van der Waals surface area contributed by atoms with Gasteiger partial charge in [0.05, 0.1) is 15.2 Å². The molecule has 1 aromatic heterocycles. The van der Waals surface area contributed by atoms with E-state index in [1.165, 1.54) is 0 Å². The highest BCUT2D eigenvalue weighted by atomic mass is 79.9. The van der Waals surface area contributed by atoms with Gasteiger partial charge in [0.15, 0.2) is 0 Å². The van der Waals surface area contributed by atoms with Gasteiger partial charge in [-0.2, -0.15) is 0 Å². The van der Waals surface area contributed by atoms with Crippen molar-refractivity contribution in [1.29, 1.82) is 0 Å². The third-order valence-electron chi connectivity index (χ3n) is 2.27. The van der Waals surface area contributed by atoms with Crippen LogP contribution in [-0.2, 0) is 0 Å². The monoisotopic (exact) mass is 374 g/mol. The molecule has 0 radical (unpaired) electrons. The van der Waals surface area contributed by atoms with Crippen LogP contribution in [0, 0.1) is 6.92 Å². The molecule has 0 aliphatic rings. The third-order valence-corrected chi connectivity index (χ3v) is 3.63. The molecule has 0 aliphatic carbocycles. The SMILES string of the molecule is Cc1cccc(Cl)c1Nc1ncc(Br)cc1Br. The lowest BCUT2D eigenvalue weighted by atomic mass is 10.2. The third kappa shape index (κ3) is 3.00. The van der Waals surface area contributed by atoms with Gasteiger partial charge in [0, 0.05) is 10.7 Å². The Morgan fingerprint density at radius 1 is 1.29 bits per heavy atom. The van der Waals surface area contributed by atoms with Gasteiger partial charge >= 0.3 is 0 Å². The first-order valence-corrected chi connectivity index (χ1v) is 6.87. The van der Waals surface area contributed by atoms with Gasteiger partial charge in [0.25, 0.3) is 0 Å². The Labute approximate surface area is 122 Å². The molecule has 0 fully saturated rings. The van der Waals surface area contributed by atoms with Crippen molar-refractivity contribution in [3.63, 3.8) is 0 Å². The number of benzene rings is 1. The molecule has 2 aromatic rings. The highest BCUT2D eigenvalue weighted by molar-refractivity contribution is 9.11. The summed E-state index contributed by atoms with van der Waals surface area (Å²) in [6.07, 6.45) is 1.74. The summed E-state index contributed by atoms with van der Waals surface area (Å²) in [5, 5.41) is 3.91. The summed E-state index contributed by atoms with van der Waals surface area (Å²) in [4.78, 5) is 4.29. The van der Waals surface area contributed by atoms with E-state index in [9.17, 15) is 0 Å². The van der Waals surface area contributed by atoms with Crippen LogP contribution in [0.3, 0.4) is 0 Å². The number of hydrogen-bond acceptors (Lipinski definition) is 2. The molecule has 1 heterocycles. The van der Waals surface area contributed by atoms with Gasteiger partial charge in [-0.05, 0) is 56.5 Å². The van der Waals surface area contributed by atoms with Crippen LogP contribution in [0.15, 0.2) is 39.4 Å². The summed E-state index contributed by atoms with van der Waals surface area (Å²) >= 11 is 13.0. The average Bonchev–Trinajstić information content (AvgIpc) is 2.26. The van der Waals surface area contributed by atoms with Crippen molar-refractivity contribution >= 4 is 55.0 Å². The van der Waals surface area contributed by atoms with Crippen LogP contribution in [0.4, 0.5) is 11.5 Å². The van der Waals surface area contributed by atoms with Crippen LogP contribution < -0.4 is 5.32 Å². The standard InChI is InChI=1S/C12H9Br2ClN2/c1-7-3-2-4-10(15)11(7)17-12-9(14)5-8(13)6-16-12/h2-6H,1H3,(H,16,17). The van der Waals surface area contributed by atoms with Crippen molar-refractivity contribution in [2.45, 2.75) is 6.92 Å². The predicted molar refractivity (Wildman–Crippen MR) is 79.1 cm³/mol. The maximum Gasteiger partial charge on any atom is 0.144 e. The van der Waals surface area contributed by atoms with Crippen LogP contribution in [0.5, 0.6) is 0 Å². The molecule has 2 rings (SSSR count). The Morgan fingerprint density at radius 2 is 2.06 bits per heavy atom. The molecule has 5 heteroatoms. The van der Waals surface area contributed by atoms with Gasteiger partial charge in [-0.3, -0.25) is 0 Å². The van der Waals surface area contributed by atoms with E-state index < -0.39 is 0 Å². The lowest BCUT2D eigenvalue weighted by Crippen LogP contribution is -1.97. The lowest BCUT2D eigenvalue weighted by Gasteiger charge is -2.11. The molecule has 0 atom stereocenters. The normalized spacial score (nSPS) is 10.4. The minimum Gasteiger partial charge on any atom is -0.338 e. The van der Waals surface area contributed by atoms with Gasteiger partial charge in [0.1, 0.15) is 5.82 Å². The number of aryl methyl sites for hydroxylation is 1. The number of nitrogens with zero attached hydrogens (tertiary/aromatic N) is 1. The van der Waals surface area contributed by atoms with Crippen LogP contribution in [0.2, 0.25) is 5.02 Å². The van der Waals surface area contributed by atoms with E-state index in [0.29, 0.717) is 5.02 Å². The quantitative estimate of drug-likeness (QED) is 0.768. The Balaban J connectivity index is 2.38. The van der Waals surface area contributed by atoms with Crippen LogP contribution in [0.1, 0.15) is 5.56 Å². The summed E-state index contributed by atoms with van der Waals surface area (Å²) in [6, 6.07) is 7.71. The van der Waals surface area contributed by atoms with E-state index in [0.717, 1.165) is 26.0 Å². The number of nitrogens with one attached hydrogen (secondary N) is 1. The molecule has 88 valence electrons. The van der Waals surface area contributed by atoms with Crippen LogP contribution in [0.25, 0.3) is 0 Å². The fraction of sp³-hybridized carbons (Fsp3) is 0.0833. The maximum absolute atomic E-state index is 6.15. The Hall–Kier alpha value is -0.580. The zero-order valence-corrected chi connectivity index (χ0v) is 12.9. The molecule has 0 aliphatic heterocycles. The molecule has 17 heavy (non-hydrogen) atoms. The fourth-order valence-electron chi connectivity index (χ4n) is 1.42. The number of pyridine rings is 1. The maximum atomic E-state index is 6.15. The zero-order chi connectivity index (χ0) is 12.4. The number of anilines is 2. The molecule has 0 bridgehead atoms. The molecule has 0 spiro atoms. The highest BCUT2D eigenvalue weighted by Gasteiger charge is 2.07. The average molecular weight is 376 g/mol. The summed E-state index contributed by atoms with van der Waals surface area (Å²) in [5.74, 6) is 0.740. The van der Waals surface area contributed by atoms with Crippen LogP contribution >= 0.6 is 43.5 Å². The molecule has 0 unspecified atom stereocenters. The smallest absolute Gasteiger partial charge is 0.144 e. The second-order valence-corrected chi connectivity index (χ2v) is 5.72. The van der Waals surface area contributed by atoms with Crippen molar-refractivity contribution < 1.29 is 0 Å². The second kappa shape index (κ2) is 5.38. The van der Waals surface area contributed by atoms with E-state index in [-0.39, 0.29) is 0 Å². The van der Waals surface area contributed by atoms with E-state index in [1.54, 1.807) is 6.20 Å². The molecule has 0 saturated carbocycles. The zero-order valence-electron chi connectivity index (χ0n) is 8.97. The second-order valence-electron chi connectivity index (χ2n) is 3.54. The van der Waals surface area contributed by atoms with Gasteiger partial charge in [-0.15, -0.1) is 0 Å². The first-order valence-electron chi connectivity index (χ1n) is 4.91. The van der Waals surface area contributed by atoms with E-state index >= 15 is 0 Å². The minimum absolute atomic E-state index is 0.682. The number of hydrogen-bond donors (Lipinski definition) is 1. The van der Waals surface area contributed by atoms with Crippen molar-refractivity contribution in [3.8, 4) is 0 Å². The summed E-state index contributed by atoms with van der Waals surface area (Å²) in [5.41, 5.74) is 1.96. The number of halogens is 3.